The third-order valence-corrected chi connectivity index (χ3v) is 5.19. The van der Waals surface area contributed by atoms with Crippen molar-refractivity contribution in [2.45, 2.75) is 52.6 Å². The lowest BCUT2D eigenvalue weighted by molar-refractivity contribution is -0.123. The van der Waals surface area contributed by atoms with Crippen LogP contribution >= 0.6 is 24.0 Å². The van der Waals surface area contributed by atoms with Crippen molar-refractivity contribution in [3.8, 4) is 5.75 Å². The lowest BCUT2D eigenvalue weighted by Gasteiger charge is -2.12. The minimum atomic E-state index is -0.0492. The number of hydrogen-bond acceptors (Lipinski definition) is 3. The number of nitrogens with zero attached hydrogens (tertiary/aromatic N) is 1. The van der Waals surface area contributed by atoms with E-state index in [1.807, 2.05) is 24.3 Å². The molecule has 1 aliphatic carbocycles. The van der Waals surface area contributed by atoms with Crippen molar-refractivity contribution in [2.24, 2.45) is 4.99 Å². The fourth-order valence-electron chi connectivity index (χ4n) is 3.25. The normalized spacial score (nSPS) is 13.2. The van der Waals surface area contributed by atoms with Gasteiger partial charge in [0, 0.05) is 19.1 Å². The predicted molar refractivity (Wildman–Crippen MR) is 141 cm³/mol. The SMILES string of the molecule is CCNC(=NCc1ccc(C)cc1C)NCCc1ccc(OCC(=O)NC2CC2)cc1.I. The summed E-state index contributed by atoms with van der Waals surface area (Å²) in [4.78, 5) is 16.4. The van der Waals surface area contributed by atoms with Crippen LogP contribution in [0.2, 0.25) is 0 Å². The molecule has 174 valence electrons. The van der Waals surface area contributed by atoms with Crippen molar-refractivity contribution in [2.75, 3.05) is 19.7 Å². The molecule has 0 radical (unpaired) electrons. The van der Waals surface area contributed by atoms with Crippen LogP contribution in [0, 0.1) is 13.8 Å². The second-order valence-corrected chi connectivity index (χ2v) is 8.08. The Hall–Kier alpha value is -2.29. The number of hydrogen-bond donors (Lipinski definition) is 3. The largest absolute Gasteiger partial charge is 0.484 e. The first kappa shape index (κ1) is 26.0. The molecule has 0 unspecified atom stereocenters. The third-order valence-electron chi connectivity index (χ3n) is 5.19. The molecule has 7 heteroatoms. The van der Waals surface area contributed by atoms with Crippen LogP contribution in [0.15, 0.2) is 47.5 Å². The molecular formula is C25H35IN4O2. The molecule has 0 spiro atoms. The second-order valence-electron chi connectivity index (χ2n) is 8.08. The highest BCUT2D eigenvalue weighted by Crippen LogP contribution is 2.18. The van der Waals surface area contributed by atoms with Crippen LogP contribution < -0.4 is 20.7 Å². The Morgan fingerprint density at radius 3 is 2.50 bits per heavy atom. The summed E-state index contributed by atoms with van der Waals surface area (Å²) in [6, 6.07) is 14.7. The molecule has 0 heterocycles. The quantitative estimate of drug-likeness (QED) is 0.239. The number of ether oxygens (including phenoxy) is 1. The molecule has 0 aromatic heterocycles. The van der Waals surface area contributed by atoms with Crippen molar-refractivity contribution in [3.63, 3.8) is 0 Å². The Morgan fingerprint density at radius 1 is 1.09 bits per heavy atom. The molecule has 6 nitrogen and oxygen atoms in total. The van der Waals surface area contributed by atoms with Gasteiger partial charge >= 0.3 is 0 Å². The molecule has 32 heavy (non-hydrogen) atoms. The maximum atomic E-state index is 11.7. The molecule has 3 N–H and O–H groups in total. The lowest BCUT2D eigenvalue weighted by Crippen LogP contribution is -2.38. The summed E-state index contributed by atoms with van der Waals surface area (Å²) >= 11 is 0. The number of benzene rings is 2. The molecule has 0 bridgehead atoms. The molecule has 2 aromatic rings. The standard InChI is InChI=1S/C25H34N4O2.HI/c1-4-26-25(28-16-21-8-5-18(2)15-19(21)3)27-14-13-20-6-11-23(12-7-20)31-17-24(30)29-22-9-10-22;/h5-8,11-12,15,22H,4,9-10,13-14,16-17H2,1-3H3,(H,29,30)(H2,26,27,28);1H. The first-order valence-corrected chi connectivity index (χ1v) is 11.1. The van der Waals surface area contributed by atoms with Gasteiger partial charge in [0.25, 0.3) is 5.91 Å². The predicted octanol–water partition coefficient (Wildman–Crippen LogP) is 3.88. The van der Waals surface area contributed by atoms with Gasteiger partial charge in [-0.2, -0.15) is 0 Å². The highest BCUT2D eigenvalue weighted by molar-refractivity contribution is 14.0. The average molecular weight is 550 g/mol. The number of aryl methyl sites for hydroxylation is 2. The molecule has 1 saturated carbocycles. The molecular weight excluding hydrogens is 515 g/mol. The average Bonchev–Trinajstić information content (AvgIpc) is 3.56. The highest BCUT2D eigenvalue weighted by Gasteiger charge is 2.23. The first-order chi connectivity index (χ1) is 15.0. The Labute approximate surface area is 208 Å². The molecule has 1 amide bonds. The van der Waals surface area contributed by atoms with Gasteiger partial charge in [-0.05, 0) is 68.9 Å². The number of halogens is 1. The Balaban J connectivity index is 0.00000363. The lowest BCUT2D eigenvalue weighted by atomic mass is 10.1. The Bertz CT molecular complexity index is 895. The van der Waals surface area contributed by atoms with E-state index >= 15 is 0 Å². The van der Waals surface area contributed by atoms with Gasteiger partial charge < -0.3 is 20.7 Å². The van der Waals surface area contributed by atoms with E-state index in [2.05, 4.69) is 54.9 Å². The molecule has 0 atom stereocenters. The first-order valence-electron chi connectivity index (χ1n) is 11.1. The summed E-state index contributed by atoms with van der Waals surface area (Å²) in [6.07, 6.45) is 3.04. The van der Waals surface area contributed by atoms with Crippen molar-refractivity contribution in [1.29, 1.82) is 0 Å². The van der Waals surface area contributed by atoms with E-state index < -0.39 is 0 Å². The van der Waals surface area contributed by atoms with Crippen LogP contribution in [0.4, 0.5) is 0 Å². The summed E-state index contributed by atoms with van der Waals surface area (Å²) in [5.74, 6) is 1.49. The van der Waals surface area contributed by atoms with E-state index in [9.17, 15) is 4.79 Å². The third kappa shape index (κ3) is 9.06. The summed E-state index contributed by atoms with van der Waals surface area (Å²) < 4.78 is 5.56. The van der Waals surface area contributed by atoms with Crippen LogP contribution in [0.3, 0.4) is 0 Å². The van der Waals surface area contributed by atoms with Crippen LogP contribution in [-0.4, -0.2) is 37.6 Å². The van der Waals surface area contributed by atoms with Crippen molar-refractivity contribution in [1.82, 2.24) is 16.0 Å². The number of nitrogens with one attached hydrogen (secondary N) is 3. The van der Waals surface area contributed by atoms with Gasteiger partial charge in [-0.1, -0.05) is 35.9 Å². The molecule has 1 aliphatic rings. The molecule has 1 fully saturated rings. The molecule has 0 saturated heterocycles. The maximum absolute atomic E-state index is 11.7. The van der Waals surface area contributed by atoms with Crippen LogP contribution in [0.25, 0.3) is 0 Å². The minimum absolute atomic E-state index is 0. The van der Waals surface area contributed by atoms with Crippen LogP contribution in [0.5, 0.6) is 5.75 Å². The minimum Gasteiger partial charge on any atom is -0.484 e. The maximum Gasteiger partial charge on any atom is 0.258 e. The number of carbonyl (C=O) groups excluding carboxylic acids is 1. The molecule has 0 aliphatic heterocycles. The summed E-state index contributed by atoms with van der Waals surface area (Å²) in [5.41, 5.74) is 4.98. The number of guanidine groups is 1. The summed E-state index contributed by atoms with van der Waals surface area (Å²) in [5, 5.41) is 9.63. The van der Waals surface area contributed by atoms with E-state index in [1.165, 1.54) is 22.3 Å². The van der Waals surface area contributed by atoms with E-state index in [4.69, 9.17) is 9.73 Å². The van der Waals surface area contributed by atoms with E-state index in [-0.39, 0.29) is 36.5 Å². The second kappa shape index (κ2) is 13.3. The van der Waals surface area contributed by atoms with Gasteiger partial charge in [-0.25, -0.2) is 4.99 Å². The van der Waals surface area contributed by atoms with Crippen molar-refractivity contribution >= 4 is 35.8 Å². The fraction of sp³-hybridized carbons (Fsp3) is 0.440. The van der Waals surface area contributed by atoms with Gasteiger partial charge in [-0.15, -0.1) is 24.0 Å². The van der Waals surface area contributed by atoms with Crippen LogP contribution in [-0.2, 0) is 17.8 Å². The zero-order valence-electron chi connectivity index (χ0n) is 19.2. The van der Waals surface area contributed by atoms with Crippen LogP contribution in [0.1, 0.15) is 42.0 Å². The van der Waals surface area contributed by atoms with Gasteiger partial charge in [0.1, 0.15) is 5.75 Å². The Kier molecular flexibility index (Phi) is 10.8. The van der Waals surface area contributed by atoms with Gasteiger partial charge in [-0.3, -0.25) is 4.79 Å². The van der Waals surface area contributed by atoms with Crippen molar-refractivity contribution < 1.29 is 9.53 Å². The van der Waals surface area contributed by atoms with Crippen molar-refractivity contribution in [3.05, 3.63) is 64.7 Å². The number of aliphatic imine (C=N–C) groups is 1. The monoisotopic (exact) mass is 550 g/mol. The van der Waals surface area contributed by atoms with E-state index in [0.717, 1.165) is 38.3 Å². The zero-order chi connectivity index (χ0) is 22.1. The van der Waals surface area contributed by atoms with Gasteiger partial charge in [0.15, 0.2) is 12.6 Å². The number of carbonyl (C=O) groups is 1. The fourth-order valence-corrected chi connectivity index (χ4v) is 3.25. The smallest absolute Gasteiger partial charge is 0.258 e. The molecule has 2 aromatic carbocycles. The number of amides is 1. The Morgan fingerprint density at radius 2 is 1.84 bits per heavy atom. The summed E-state index contributed by atoms with van der Waals surface area (Å²) in [6.45, 7) is 8.63. The highest BCUT2D eigenvalue weighted by atomic mass is 127. The summed E-state index contributed by atoms with van der Waals surface area (Å²) in [7, 11) is 0. The topological polar surface area (TPSA) is 74.8 Å². The van der Waals surface area contributed by atoms with E-state index in [0.29, 0.717) is 18.3 Å². The van der Waals surface area contributed by atoms with Gasteiger partial charge in [0.05, 0.1) is 6.54 Å². The zero-order valence-corrected chi connectivity index (χ0v) is 21.6. The van der Waals surface area contributed by atoms with Gasteiger partial charge in [0.2, 0.25) is 0 Å². The molecule has 3 rings (SSSR count). The number of rotatable bonds is 10. The van der Waals surface area contributed by atoms with E-state index in [1.54, 1.807) is 0 Å².